The molecule has 2 rings (SSSR count). The van der Waals surface area contributed by atoms with Crippen molar-refractivity contribution in [3.05, 3.63) is 63.9 Å². The second kappa shape index (κ2) is 5.53. The van der Waals surface area contributed by atoms with E-state index in [-0.39, 0.29) is 11.9 Å². The highest BCUT2D eigenvalue weighted by molar-refractivity contribution is 9.10. The number of halogens is 2. The Balaban J connectivity index is 2.13. The quantitative estimate of drug-likeness (QED) is 0.834. The number of hydrogen-bond donors (Lipinski definition) is 1. The molecule has 0 aliphatic carbocycles. The molecule has 2 aromatic rings. The van der Waals surface area contributed by atoms with Crippen molar-refractivity contribution < 1.29 is 4.39 Å². The topological polar surface area (TPSA) is 12.0 Å². The Bertz CT molecular complexity index is 537. The number of nitrogens with one attached hydrogen (secondary N) is 1. The Morgan fingerprint density at radius 2 is 1.78 bits per heavy atom. The SMILES string of the molecule is Cc1ccc(NC(C)c2ccc(F)c(Br)c2)cc1. The molecule has 0 fully saturated rings. The van der Waals surface area contributed by atoms with E-state index in [1.54, 1.807) is 12.1 Å². The maximum atomic E-state index is 13.2. The molecule has 0 saturated carbocycles. The third-order valence-corrected chi connectivity index (χ3v) is 3.49. The minimum Gasteiger partial charge on any atom is -0.379 e. The summed E-state index contributed by atoms with van der Waals surface area (Å²) in [4.78, 5) is 0. The number of rotatable bonds is 3. The van der Waals surface area contributed by atoms with Crippen LogP contribution in [0.25, 0.3) is 0 Å². The van der Waals surface area contributed by atoms with Crippen LogP contribution in [0.5, 0.6) is 0 Å². The standard InChI is InChI=1S/C15H15BrFN/c1-10-3-6-13(7-4-10)18-11(2)12-5-8-15(17)14(16)9-12/h3-9,11,18H,1-2H3. The van der Waals surface area contributed by atoms with Crippen molar-refractivity contribution in [1.29, 1.82) is 0 Å². The van der Waals surface area contributed by atoms with Gasteiger partial charge < -0.3 is 5.32 Å². The predicted molar refractivity (Wildman–Crippen MR) is 77.3 cm³/mol. The van der Waals surface area contributed by atoms with Crippen molar-refractivity contribution in [2.45, 2.75) is 19.9 Å². The average Bonchev–Trinajstić information content (AvgIpc) is 2.35. The van der Waals surface area contributed by atoms with Crippen LogP contribution >= 0.6 is 15.9 Å². The van der Waals surface area contributed by atoms with Gasteiger partial charge in [0.1, 0.15) is 5.82 Å². The monoisotopic (exact) mass is 307 g/mol. The first-order chi connectivity index (χ1) is 8.56. The highest BCUT2D eigenvalue weighted by Gasteiger charge is 2.07. The van der Waals surface area contributed by atoms with Gasteiger partial charge in [-0.25, -0.2) is 4.39 Å². The lowest BCUT2D eigenvalue weighted by Crippen LogP contribution is -2.06. The van der Waals surface area contributed by atoms with E-state index in [0.29, 0.717) is 4.47 Å². The fraction of sp³-hybridized carbons (Fsp3) is 0.200. The Hall–Kier alpha value is -1.35. The van der Waals surface area contributed by atoms with Crippen molar-refractivity contribution in [3.8, 4) is 0 Å². The molecule has 0 aliphatic heterocycles. The summed E-state index contributed by atoms with van der Waals surface area (Å²) in [7, 11) is 0. The summed E-state index contributed by atoms with van der Waals surface area (Å²) < 4.78 is 13.7. The molecule has 18 heavy (non-hydrogen) atoms. The number of benzene rings is 2. The van der Waals surface area contributed by atoms with Gasteiger partial charge >= 0.3 is 0 Å². The van der Waals surface area contributed by atoms with E-state index in [1.807, 2.05) is 12.1 Å². The number of aryl methyl sites for hydroxylation is 1. The smallest absolute Gasteiger partial charge is 0.137 e. The number of hydrogen-bond acceptors (Lipinski definition) is 1. The molecule has 0 bridgehead atoms. The highest BCUT2D eigenvalue weighted by atomic mass is 79.9. The van der Waals surface area contributed by atoms with Gasteiger partial charge in [-0.2, -0.15) is 0 Å². The third kappa shape index (κ3) is 3.10. The van der Waals surface area contributed by atoms with Crippen molar-refractivity contribution in [3.63, 3.8) is 0 Å². The molecule has 3 heteroatoms. The molecule has 1 atom stereocenters. The van der Waals surface area contributed by atoms with Crippen LogP contribution < -0.4 is 5.32 Å². The first-order valence-electron chi connectivity index (χ1n) is 5.84. The van der Waals surface area contributed by atoms with Gasteiger partial charge in [-0.15, -0.1) is 0 Å². The van der Waals surface area contributed by atoms with Gasteiger partial charge in [0, 0.05) is 11.7 Å². The van der Waals surface area contributed by atoms with Crippen LogP contribution in [-0.4, -0.2) is 0 Å². The zero-order chi connectivity index (χ0) is 13.1. The van der Waals surface area contributed by atoms with Crippen molar-refractivity contribution >= 4 is 21.6 Å². The Labute approximate surface area is 115 Å². The summed E-state index contributed by atoms with van der Waals surface area (Å²) >= 11 is 3.21. The van der Waals surface area contributed by atoms with E-state index in [0.717, 1.165) is 11.3 Å². The van der Waals surface area contributed by atoms with E-state index in [9.17, 15) is 4.39 Å². The van der Waals surface area contributed by atoms with Crippen LogP contribution in [0.15, 0.2) is 46.9 Å². The maximum Gasteiger partial charge on any atom is 0.137 e. The first kappa shape index (κ1) is 13.1. The van der Waals surface area contributed by atoms with Gasteiger partial charge in [-0.1, -0.05) is 23.8 Å². The summed E-state index contributed by atoms with van der Waals surface area (Å²) in [6.07, 6.45) is 0. The van der Waals surface area contributed by atoms with Crippen LogP contribution in [0, 0.1) is 12.7 Å². The summed E-state index contributed by atoms with van der Waals surface area (Å²) in [5, 5.41) is 3.39. The molecule has 0 aromatic heterocycles. The van der Waals surface area contributed by atoms with Crippen LogP contribution in [0.3, 0.4) is 0 Å². The van der Waals surface area contributed by atoms with E-state index >= 15 is 0 Å². The van der Waals surface area contributed by atoms with Gasteiger partial charge in [0.15, 0.2) is 0 Å². The molecule has 0 amide bonds. The van der Waals surface area contributed by atoms with Gasteiger partial charge in [-0.3, -0.25) is 0 Å². The molecule has 0 saturated heterocycles. The van der Waals surface area contributed by atoms with E-state index in [1.165, 1.54) is 11.6 Å². The predicted octanol–water partition coefficient (Wildman–Crippen LogP) is 5.07. The minimum absolute atomic E-state index is 0.129. The molecule has 1 unspecified atom stereocenters. The van der Waals surface area contributed by atoms with E-state index in [4.69, 9.17) is 0 Å². The Kier molecular flexibility index (Phi) is 4.02. The van der Waals surface area contributed by atoms with Crippen LogP contribution in [-0.2, 0) is 0 Å². The summed E-state index contributed by atoms with van der Waals surface area (Å²) in [5.74, 6) is -0.235. The van der Waals surface area contributed by atoms with Gasteiger partial charge in [0.05, 0.1) is 4.47 Å². The lowest BCUT2D eigenvalue weighted by molar-refractivity contribution is 0.619. The zero-order valence-electron chi connectivity index (χ0n) is 10.4. The van der Waals surface area contributed by atoms with Crippen LogP contribution in [0.4, 0.5) is 10.1 Å². The fourth-order valence-electron chi connectivity index (χ4n) is 1.76. The lowest BCUT2D eigenvalue weighted by atomic mass is 10.1. The molecule has 1 N–H and O–H groups in total. The van der Waals surface area contributed by atoms with Crippen LogP contribution in [0.2, 0.25) is 0 Å². The van der Waals surface area contributed by atoms with Gasteiger partial charge in [0.25, 0.3) is 0 Å². The van der Waals surface area contributed by atoms with Crippen molar-refractivity contribution in [1.82, 2.24) is 0 Å². The second-order valence-corrected chi connectivity index (χ2v) is 5.26. The third-order valence-electron chi connectivity index (χ3n) is 2.88. The molecule has 0 spiro atoms. The van der Waals surface area contributed by atoms with E-state index in [2.05, 4.69) is 47.2 Å². The molecular weight excluding hydrogens is 293 g/mol. The molecule has 0 heterocycles. The fourth-order valence-corrected chi connectivity index (χ4v) is 2.16. The molecule has 94 valence electrons. The maximum absolute atomic E-state index is 13.2. The van der Waals surface area contributed by atoms with Crippen molar-refractivity contribution in [2.24, 2.45) is 0 Å². The van der Waals surface area contributed by atoms with Crippen molar-refractivity contribution in [2.75, 3.05) is 5.32 Å². The van der Waals surface area contributed by atoms with E-state index < -0.39 is 0 Å². The second-order valence-electron chi connectivity index (χ2n) is 4.41. The van der Waals surface area contributed by atoms with Crippen LogP contribution in [0.1, 0.15) is 24.1 Å². The van der Waals surface area contributed by atoms with Gasteiger partial charge in [-0.05, 0) is 59.6 Å². The molecular formula is C15H15BrFN. The molecule has 1 nitrogen and oxygen atoms in total. The Morgan fingerprint density at radius 1 is 1.11 bits per heavy atom. The van der Waals surface area contributed by atoms with Gasteiger partial charge in [0.2, 0.25) is 0 Å². The normalized spacial score (nSPS) is 12.2. The largest absolute Gasteiger partial charge is 0.379 e. The minimum atomic E-state index is -0.235. The average molecular weight is 308 g/mol. The lowest BCUT2D eigenvalue weighted by Gasteiger charge is -2.16. The number of anilines is 1. The zero-order valence-corrected chi connectivity index (χ0v) is 12.0. The summed E-state index contributed by atoms with van der Waals surface area (Å²) in [5.41, 5.74) is 3.34. The summed E-state index contributed by atoms with van der Waals surface area (Å²) in [6, 6.07) is 13.4. The molecule has 2 aromatic carbocycles. The molecule has 0 radical (unpaired) electrons. The molecule has 0 aliphatic rings. The Morgan fingerprint density at radius 3 is 2.39 bits per heavy atom. The first-order valence-corrected chi connectivity index (χ1v) is 6.64. The highest BCUT2D eigenvalue weighted by Crippen LogP contribution is 2.24. The summed E-state index contributed by atoms with van der Waals surface area (Å²) in [6.45, 7) is 4.11.